The molecule has 6 nitrogen and oxygen atoms in total. The zero-order valence-electron chi connectivity index (χ0n) is 10.3. The maximum absolute atomic E-state index is 10.9. The van der Waals surface area contributed by atoms with Crippen molar-refractivity contribution in [2.75, 3.05) is 0 Å². The molecule has 0 aliphatic carbocycles. The standard InChI is InChI=1S/C12H14N4O2/c1-3-4-9-5-11(14-7-13-9)16-6-10(12(17)18)8(2)15-16/h5-7H,3-4H2,1-2H3,(H,17,18). The van der Waals surface area contributed by atoms with E-state index in [2.05, 4.69) is 22.0 Å². The molecule has 2 aromatic rings. The minimum Gasteiger partial charge on any atom is -0.478 e. The second kappa shape index (κ2) is 4.95. The highest BCUT2D eigenvalue weighted by Gasteiger charge is 2.13. The van der Waals surface area contributed by atoms with Gasteiger partial charge in [-0.2, -0.15) is 5.10 Å². The largest absolute Gasteiger partial charge is 0.478 e. The molecule has 6 heteroatoms. The molecule has 0 aliphatic heterocycles. The van der Waals surface area contributed by atoms with Gasteiger partial charge in [0.05, 0.1) is 5.69 Å². The van der Waals surface area contributed by atoms with E-state index in [0.717, 1.165) is 18.5 Å². The van der Waals surface area contributed by atoms with Gasteiger partial charge >= 0.3 is 5.97 Å². The normalized spacial score (nSPS) is 10.6. The van der Waals surface area contributed by atoms with Gasteiger partial charge in [0.25, 0.3) is 0 Å². The molecule has 94 valence electrons. The maximum Gasteiger partial charge on any atom is 0.339 e. The second-order valence-corrected chi connectivity index (χ2v) is 4.00. The van der Waals surface area contributed by atoms with Crippen LogP contribution in [0.2, 0.25) is 0 Å². The van der Waals surface area contributed by atoms with Crippen LogP contribution < -0.4 is 0 Å². The van der Waals surface area contributed by atoms with Crippen molar-refractivity contribution in [3.8, 4) is 5.82 Å². The molecule has 0 aliphatic rings. The van der Waals surface area contributed by atoms with Crippen LogP contribution in [0.1, 0.15) is 35.1 Å². The van der Waals surface area contributed by atoms with Crippen LogP contribution >= 0.6 is 0 Å². The molecule has 0 amide bonds. The molecule has 0 atom stereocenters. The molecule has 0 unspecified atom stereocenters. The average Bonchev–Trinajstić information content (AvgIpc) is 2.72. The Labute approximate surface area is 104 Å². The van der Waals surface area contributed by atoms with E-state index in [-0.39, 0.29) is 5.56 Å². The topological polar surface area (TPSA) is 80.9 Å². The molecule has 0 radical (unpaired) electrons. The third-order valence-corrected chi connectivity index (χ3v) is 2.58. The van der Waals surface area contributed by atoms with E-state index in [1.807, 2.05) is 6.07 Å². The maximum atomic E-state index is 10.9. The minimum atomic E-state index is -0.985. The molecular weight excluding hydrogens is 232 g/mol. The molecule has 0 saturated carbocycles. The van der Waals surface area contributed by atoms with E-state index in [0.29, 0.717) is 11.5 Å². The number of aryl methyl sites for hydroxylation is 2. The summed E-state index contributed by atoms with van der Waals surface area (Å²) in [6.07, 6.45) is 4.80. The third kappa shape index (κ3) is 2.37. The van der Waals surface area contributed by atoms with E-state index in [4.69, 9.17) is 5.11 Å². The Morgan fingerprint density at radius 2 is 2.22 bits per heavy atom. The fraction of sp³-hybridized carbons (Fsp3) is 0.333. The summed E-state index contributed by atoms with van der Waals surface area (Å²) in [5.74, 6) is -0.398. The van der Waals surface area contributed by atoms with Crippen LogP contribution in [0, 0.1) is 6.92 Å². The van der Waals surface area contributed by atoms with Gasteiger partial charge in [-0.15, -0.1) is 0 Å². The number of carboxylic acid groups (broad SMARTS) is 1. The first kappa shape index (κ1) is 12.2. The van der Waals surface area contributed by atoms with Crippen molar-refractivity contribution < 1.29 is 9.90 Å². The Morgan fingerprint density at radius 3 is 2.83 bits per heavy atom. The number of hydrogen-bond acceptors (Lipinski definition) is 4. The fourth-order valence-corrected chi connectivity index (χ4v) is 1.69. The molecule has 18 heavy (non-hydrogen) atoms. The minimum absolute atomic E-state index is 0.186. The van der Waals surface area contributed by atoms with Gasteiger partial charge in [-0.1, -0.05) is 13.3 Å². The first-order valence-electron chi connectivity index (χ1n) is 5.72. The predicted octanol–water partition coefficient (Wildman–Crippen LogP) is 1.62. The Hall–Kier alpha value is -2.24. The molecular formula is C12H14N4O2. The lowest BCUT2D eigenvalue weighted by molar-refractivity contribution is 0.0696. The fourth-order valence-electron chi connectivity index (χ4n) is 1.69. The Bertz CT molecular complexity index is 577. The molecule has 0 bridgehead atoms. The van der Waals surface area contributed by atoms with Crippen molar-refractivity contribution in [3.63, 3.8) is 0 Å². The summed E-state index contributed by atoms with van der Waals surface area (Å²) in [5.41, 5.74) is 1.58. The summed E-state index contributed by atoms with van der Waals surface area (Å²) in [7, 11) is 0. The molecule has 2 aromatic heterocycles. The van der Waals surface area contributed by atoms with Gasteiger partial charge in [-0.25, -0.2) is 19.4 Å². The van der Waals surface area contributed by atoms with Gasteiger partial charge in [0.15, 0.2) is 5.82 Å². The summed E-state index contributed by atoms with van der Waals surface area (Å²) >= 11 is 0. The first-order valence-corrected chi connectivity index (χ1v) is 5.72. The van der Waals surface area contributed by atoms with Crippen LogP contribution in [-0.4, -0.2) is 30.8 Å². The smallest absolute Gasteiger partial charge is 0.339 e. The zero-order valence-corrected chi connectivity index (χ0v) is 10.3. The summed E-state index contributed by atoms with van der Waals surface area (Å²) in [6.45, 7) is 3.73. The lowest BCUT2D eigenvalue weighted by Crippen LogP contribution is -2.01. The van der Waals surface area contributed by atoms with Gasteiger partial charge in [0.1, 0.15) is 11.9 Å². The van der Waals surface area contributed by atoms with Crippen molar-refractivity contribution in [3.05, 3.63) is 35.5 Å². The SMILES string of the molecule is CCCc1cc(-n2cc(C(=O)O)c(C)n2)ncn1. The number of aromatic carboxylic acids is 1. The number of hydrogen-bond donors (Lipinski definition) is 1. The van der Waals surface area contributed by atoms with Crippen LogP contribution in [0.25, 0.3) is 5.82 Å². The van der Waals surface area contributed by atoms with Gasteiger partial charge in [-0.05, 0) is 13.3 Å². The van der Waals surface area contributed by atoms with Crippen molar-refractivity contribution >= 4 is 5.97 Å². The third-order valence-electron chi connectivity index (χ3n) is 2.58. The van der Waals surface area contributed by atoms with Crippen LogP contribution in [-0.2, 0) is 6.42 Å². The highest BCUT2D eigenvalue weighted by atomic mass is 16.4. The van der Waals surface area contributed by atoms with E-state index in [1.165, 1.54) is 17.2 Å². The highest BCUT2D eigenvalue weighted by molar-refractivity contribution is 5.88. The monoisotopic (exact) mass is 246 g/mol. The van der Waals surface area contributed by atoms with Crippen molar-refractivity contribution in [1.82, 2.24) is 19.7 Å². The van der Waals surface area contributed by atoms with Crippen molar-refractivity contribution in [2.24, 2.45) is 0 Å². The number of nitrogens with zero attached hydrogens (tertiary/aromatic N) is 4. The molecule has 1 N–H and O–H groups in total. The molecule has 0 aromatic carbocycles. The van der Waals surface area contributed by atoms with Crippen LogP contribution in [0.4, 0.5) is 0 Å². The molecule has 2 rings (SSSR count). The Morgan fingerprint density at radius 1 is 1.44 bits per heavy atom. The molecule has 0 fully saturated rings. The van der Waals surface area contributed by atoms with Gasteiger partial charge < -0.3 is 5.11 Å². The van der Waals surface area contributed by atoms with Crippen LogP contribution in [0.5, 0.6) is 0 Å². The molecule has 0 spiro atoms. The number of carbonyl (C=O) groups is 1. The van der Waals surface area contributed by atoms with Crippen LogP contribution in [0.3, 0.4) is 0 Å². The van der Waals surface area contributed by atoms with Gasteiger partial charge in [0, 0.05) is 18.0 Å². The second-order valence-electron chi connectivity index (χ2n) is 4.00. The molecule has 2 heterocycles. The van der Waals surface area contributed by atoms with Crippen molar-refractivity contribution in [1.29, 1.82) is 0 Å². The van der Waals surface area contributed by atoms with E-state index >= 15 is 0 Å². The number of aromatic nitrogens is 4. The average molecular weight is 246 g/mol. The lowest BCUT2D eigenvalue weighted by Gasteiger charge is -2.02. The van der Waals surface area contributed by atoms with E-state index < -0.39 is 5.97 Å². The Balaban J connectivity index is 2.39. The van der Waals surface area contributed by atoms with Gasteiger partial charge in [0.2, 0.25) is 0 Å². The first-order chi connectivity index (χ1) is 8.61. The van der Waals surface area contributed by atoms with Crippen LogP contribution in [0.15, 0.2) is 18.6 Å². The highest BCUT2D eigenvalue weighted by Crippen LogP contribution is 2.11. The van der Waals surface area contributed by atoms with Gasteiger partial charge in [-0.3, -0.25) is 0 Å². The summed E-state index contributed by atoms with van der Waals surface area (Å²) < 4.78 is 1.47. The van der Waals surface area contributed by atoms with Crippen molar-refractivity contribution in [2.45, 2.75) is 26.7 Å². The number of rotatable bonds is 4. The summed E-state index contributed by atoms with van der Waals surface area (Å²) in [6, 6.07) is 1.82. The van der Waals surface area contributed by atoms with E-state index in [9.17, 15) is 4.79 Å². The summed E-state index contributed by atoms with van der Waals surface area (Å²) in [5, 5.41) is 13.1. The zero-order chi connectivity index (χ0) is 13.1. The summed E-state index contributed by atoms with van der Waals surface area (Å²) in [4.78, 5) is 19.2. The predicted molar refractivity (Wildman–Crippen MR) is 64.8 cm³/mol. The quantitative estimate of drug-likeness (QED) is 0.886. The number of carboxylic acids is 1. The van der Waals surface area contributed by atoms with E-state index in [1.54, 1.807) is 6.92 Å². The Kier molecular flexibility index (Phi) is 3.36. The molecule has 0 saturated heterocycles. The lowest BCUT2D eigenvalue weighted by atomic mass is 10.2.